The molecule has 0 N–H and O–H groups in total. The first kappa shape index (κ1) is 28.2. The van der Waals surface area contributed by atoms with Crippen molar-refractivity contribution in [2.45, 2.75) is 39.7 Å². The zero-order valence-electron chi connectivity index (χ0n) is 22.0. The van der Waals surface area contributed by atoms with E-state index in [1.165, 1.54) is 0 Å². The van der Waals surface area contributed by atoms with Gasteiger partial charge in [0.05, 0.1) is 20.3 Å². The van der Waals surface area contributed by atoms with Crippen molar-refractivity contribution in [3.63, 3.8) is 0 Å². The molecular weight excluding hydrogens is 485 g/mol. The van der Waals surface area contributed by atoms with E-state index >= 15 is 0 Å². The summed E-state index contributed by atoms with van der Waals surface area (Å²) in [5, 5.41) is 0. The Hall–Kier alpha value is -2.35. The molecule has 0 saturated carbocycles. The fraction of sp³-hybridized carbons (Fsp3) is 0.615. The van der Waals surface area contributed by atoms with Gasteiger partial charge < -0.3 is 28.2 Å². The maximum Gasteiger partial charge on any atom is 0.342 e. The number of allylic oxidation sites excluding steroid dienone is 2. The van der Waals surface area contributed by atoms with Crippen LogP contribution in [0.2, 0.25) is 0 Å². The van der Waals surface area contributed by atoms with Crippen LogP contribution in [0.5, 0.6) is 11.5 Å². The molecule has 1 aromatic carbocycles. The minimum absolute atomic E-state index is 0.00489. The van der Waals surface area contributed by atoms with Gasteiger partial charge in [0.15, 0.2) is 0 Å². The molecule has 2 aliphatic rings. The largest absolute Gasteiger partial charge is 0.496 e. The Bertz CT molecular complexity index is 1040. The summed E-state index contributed by atoms with van der Waals surface area (Å²) in [7, 11) is -0.924. The number of benzene rings is 1. The van der Waals surface area contributed by atoms with E-state index in [0.29, 0.717) is 42.1 Å². The summed E-state index contributed by atoms with van der Waals surface area (Å²) >= 11 is 0. The van der Waals surface area contributed by atoms with Crippen molar-refractivity contribution < 1.29 is 37.8 Å². The molecule has 1 saturated heterocycles. The molecule has 9 nitrogen and oxygen atoms in total. The van der Waals surface area contributed by atoms with E-state index < -0.39 is 13.1 Å². The summed E-state index contributed by atoms with van der Waals surface area (Å²) < 4.78 is 40.0. The molecule has 0 atom stereocenters. The van der Waals surface area contributed by atoms with Crippen molar-refractivity contribution in [2.75, 3.05) is 66.2 Å². The van der Waals surface area contributed by atoms with Crippen LogP contribution in [0.15, 0.2) is 11.6 Å². The van der Waals surface area contributed by atoms with Gasteiger partial charge in [-0.15, -0.1) is 0 Å². The smallest absolute Gasteiger partial charge is 0.342 e. The molecule has 0 amide bonds. The molecule has 0 spiro atoms. The Morgan fingerprint density at radius 3 is 2.56 bits per heavy atom. The average molecular weight is 524 g/mol. The van der Waals surface area contributed by atoms with E-state index in [4.69, 9.17) is 23.7 Å². The molecule has 0 radical (unpaired) electrons. The van der Waals surface area contributed by atoms with Crippen LogP contribution in [0.1, 0.15) is 46.8 Å². The number of fused-ring (bicyclic) bond motifs is 1. The van der Waals surface area contributed by atoms with Crippen LogP contribution < -0.4 is 9.47 Å². The van der Waals surface area contributed by atoms with Crippen LogP contribution in [0, 0.1) is 6.92 Å². The average Bonchev–Trinajstić information content (AvgIpc) is 3.22. The second kappa shape index (κ2) is 12.7. The maximum atomic E-state index is 12.5. The monoisotopic (exact) mass is 523 g/mol. The van der Waals surface area contributed by atoms with Crippen molar-refractivity contribution >= 4 is 19.1 Å². The van der Waals surface area contributed by atoms with E-state index in [0.717, 1.165) is 49.5 Å². The Morgan fingerprint density at radius 2 is 1.89 bits per heavy atom. The third-order valence-corrected chi connectivity index (χ3v) is 7.05. The lowest BCUT2D eigenvalue weighted by molar-refractivity contribution is -0.144. The Labute approximate surface area is 213 Å². The summed E-state index contributed by atoms with van der Waals surface area (Å²) in [4.78, 5) is 26.9. The van der Waals surface area contributed by atoms with Gasteiger partial charge in [0.2, 0.25) is 0 Å². The van der Waals surface area contributed by atoms with Crippen LogP contribution in [0.3, 0.4) is 0 Å². The fourth-order valence-electron chi connectivity index (χ4n) is 4.25. The Morgan fingerprint density at radius 1 is 1.17 bits per heavy atom. The Kier molecular flexibility index (Phi) is 10.00. The minimum atomic E-state index is -2.50. The molecule has 36 heavy (non-hydrogen) atoms. The Balaban J connectivity index is 1.67. The molecule has 200 valence electrons. The zero-order valence-corrected chi connectivity index (χ0v) is 22.9. The summed E-state index contributed by atoms with van der Waals surface area (Å²) in [6.07, 6.45) is 3.27. The number of rotatable bonds is 12. The van der Waals surface area contributed by atoms with Gasteiger partial charge in [-0.1, -0.05) is 11.6 Å². The number of hydrogen-bond donors (Lipinski definition) is 0. The zero-order chi connectivity index (χ0) is 26.3. The highest BCUT2D eigenvalue weighted by molar-refractivity contribution is 7.62. The second-order valence-electron chi connectivity index (χ2n) is 9.67. The van der Waals surface area contributed by atoms with Crippen molar-refractivity contribution in [2.24, 2.45) is 0 Å². The van der Waals surface area contributed by atoms with E-state index in [1.807, 2.05) is 19.9 Å². The number of carbonyl (C=O) groups is 2. The van der Waals surface area contributed by atoms with Gasteiger partial charge >= 0.3 is 11.9 Å². The lowest BCUT2D eigenvalue weighted by atomic mass is 9.94. The van der Waals surface area contributed by atoms with Crippen LogP contribution >= 0.6 is 7.14 Å². The normalized spacial score (nSPS) is 16.5. The van der Waals surface area contributed by atoms with Crippen molar-refractivity contribution in [3.05, 3.63) is 33.9 Å². The molecule has 0 unspecified atom stereocenters. The predicted octanol–water partition coefficient (Wildman–Crippen LogP) is 3.78. The molecule has 1 fully saturated rings. The topological polar surface area (TPSA) is 101 Å². The lowest BCUT2D eigenvalue weighted by Gasteiger charge is -2.26. The molecule has 1 aromatic rings. The van der Waals surface area contributed by atoms with E-state index in [2.05, 4.69) is 4.90 Å². The van der Waals surface area contributed by atoms with Gasteiger partial charge in [0.1, 0.15) is 43.8 Å². The molecule has 2 heterocycles. The van der Waals surface area contributed by atoms with Crippen LogP contribution in [0.25, 0.3) is 0 Å². The summed E-state index contributed by atoms with van der Waals surface area (Å²) in [5.41, 5.74) is 3.65. The van der Waals surface area contributed by atoms with Crippen molar-refractivity contribution in [1.82, 2.24) is 4.90 Å². The minimum Gasteiger partial charge on any atom is -0.496 e. The first-order valence-electron chi connectivity index (χ1n) is 12.3. The van der Waals surface area contributed by atoms with E-state index in [-0.39, 0.29) is 25.3 Å². The van der Waals surface area contributed by atoms with Crippen molar-refractivity contribution in [1.29, 1.82) is 0 Å². The van der Waals surface area contributed by atoms with Crippen molar-refractivity contribution in [3.8, 4) is 11.5 Å². The van der Waals surface area contributed by atoms with Gasteiger partial charge in [0.25, 0.3) is 0 Å². The molecule has 0 aromatic heterocycles. The number of carbonyl (C=O) groups excluding carboxylic acids is 2. The molecule has 0 bridgehead atoms. The van der Waals surface area contributed by atoms with Crippen LogP contribution in [-0.2, 0) is 36.6 Å². The molecule has 2 aliphatic heterocycles. The maximum absolute atomic E-state index is 12.5. The number of ether oxygens (including phenoxy) is 5. The number of esters is 2. The van der Waals surface area contributed by atoms with Gasteiger partial charge in [0, 0.05) is 37.2 Å². The number of nitrogens with zero attached hydrogens (tertiary/aromatic N) is 1. The van der Waals surface area contributed by atoms with Gasteiger partial charge in [-0.2, -0.15) is 0 Å². The number of methoxy groups -OCH3 is 1. The molecule has 0 aliphatic carbocycles. The quantitative estimate of drug-likeness (QED) is 0.230. The highest BCUT2D eigenvalue weighted by Gasteiger charge is 2.33. The highest BCUT2D eigenvalue weighted by atomic mass is 31.2. The second-order valence-corrected chi connectivity index (χ2v) is 13.1. The number of morpholine rings is 1. The standard InChI is InChI=1S/C26H38NO8P/c1-18(7-9-22(28)33-15-12-27-10-13-32-14-11-27)6-8-20-24(31-3)19(2)21-16-34-26(29)23(21)25(20)35-17-36(4,5)30/h6H,7-17H2,1-5H3/b18-6+. The van der Waals surface area contributed by atoms with E-state index in [1.54, 1.807) is 20.4 Å². The van der Waals surface area contributed by atoms with Gasteiger partial charge in [-0.3, -0.25) is 9.69 Å². The van der Waals surface area contributed by atoms with Gasteiger partial charge in [-0.25, -0.2) is 4.79 Å². The molecule has 3 rings (SSSR count). The first-order chi connectivity index (χ1) is 17.1. The fourth-order valence-corrected chi connectivity index (χ4v) is 4.69. The summed E-state index contributed by atoms with van der Waals surface area (Å²) in [6, 6.07) is 0. The summed E-state index contributed by atoms with van der Waals surface area (Å²) in [6.45, 7) is 11.5. The third kappa shape index (κ3) is 7.58. The molecule has 10 heteroatoms. The van der Waals surface area contributed by atoms with Gasteiger partial charge in [-0.05, 0) is 45.6 Å². The van der Waals surface area contributed by atoms with Crippen LogP contribution in [-0.4, -0.2) is 83.1 Å². The van der Waals surface area contributed by atoms with Crippen LogP contribution in [0.4, 0.5) is 0 Å². The first-order valence-corrected chi connectivity index (χ1v) is 15.1. The summed E-state index contributed by atoms with van der Waals surface area (Å²) in [5.74, 6) is 0.311. The van der Waals surface area contributed by atoms with E-state index in [9.17, 15) is 14.2 Å². The molecular formula is C26H38NO8P. The number of cyclic esters (lactones) is 1. The number of hydrogen-bond acceptors (Lipinski definition) is 9. The predicted molar refractivity (Wildman–Crippen MR) is 137 cm³/mol. The third-order valence-electron chi connectivity index (χ3n) is 6.30. The highest BCUT2D eigenvalue weighted by Crippen LogP contribution is 2.45. The SMILES string of the molecule is COc1c(C)c2c(c(OCP(C)(C)=O)c1C/C=C(\C)CCC(=O)OCCN1CCOCC1)C(=O)OC2. The lowest BCUT2D eigenvalue weighted by Crippen LogP contribution is -2.38.